The molecule has 0 aliphatic carbocycles. The number of ether oxygens (including phenoxy) is 1. The normalized spacial score (nSPS) is 17.3. The lowest BCUT2D eigenvalue weighted by atomic mass is 10.1. The zero-order valence-corrected chi connectivity index (χ0v) is 14.2. The Morgan fingerprint density at radius 1 is 1.35 bits per heavy atom. The van der Waals surface area contributed by atoms with Gasteiger partial charge in [-0.25, -0.2) is 4.98 Å². The predicted molar refractivity (Wildman–Crippen MR) is 91.5 cm³/mol. The maximum atomic E-state index is 12.7. The summed E-state index contributed by atoms with van der Waals surface area (Å²) in [6.07, 6.45) is 2.57. The number of hydrogen-bond donors (Lipinski definition) is 1. The Bertz CT molecular complexity index is 690. The van der Waals surface area contributed by atoms with E-state index in [1.54, 1.807) is 18.3 Å². The molecule has 23 heavy (non-hydrogen) atoms. The summed E-state index contributed by atoms with van der Waals surface area (Å²) >= 11 is 3.38. The summed E-state index contributed by atoms with van der Waals surface area (Å²) in [5.74, 6) is 1.30. The Kier molecular flexibility index (Phi) is 4.93. The highest BCUT2D eigenvalue weighted by Gasteiger charge is 2.28. The highest BCUT2D eigenvalue weighted by Crippen LogP contribution is 2.27. The number of likely N-dealkylation sites (tertiary alicyclic amines) is 1. The summed E-state index contributed by atoms with van der Waals surface area (Å²) < 4.78 is 6.76. The largest absolute Gasteiger partial charge is 0.438 e. The Morgan fingerprint density at radius 2 is 2.13 bits per heavy atom. The average Bonchev–Trinajstić information content (AvgIpc) is 3.06. The van der Waals surface area contributed by atoms with Crippen molar-refractivity contribution < 1.29 is 9.53 Å². The van der Waals surface area contributed by atoms with Gasteiger partial charge in [-0.05, 0) is 55.3 Å². The van der Waals surface area contributed by atoms with Crippen LogP contribution in [0, 0.1) is 5.92 Å². The molecule has 0 bridgehead atoms. The van der Waals surface area contributed by atoms with Crippen molar-refractivity contribution in [2.24, 2.45) is 11.7 Å². The van der Waals surface area contributed by atoms with Gasteiger partial charge in [-0.2, -0.15) is 0 Å². The minimum Gasteiger partial charge on any atom is -0.438 e. The third-order valence-electron chi connectivity index (χ3n) is 3.94. The number of nitrogens with two attached hydrogens (primary N) is 1. The van der Waals surface area contributed by atoms with Gasteiger partial charge in [-0.3, -0.25) is 4.79 Å². The molecule has 0 radical (unpaired) electrons. The number of aromatic nitrogens is 1. The molecule has 1 saturated heterocycles. The van der Waals surface area contributed by atoms with Crippen molar-refractivity contribution in [2.45, 2.75) is 6.42 Å². The molecule has 2 N–H and O–H groups in total. The number of rotatable bonds is 4. The lowest BCUT2D eigenvalue weighted by molar-refractivity contribution is 0.0784. The number of carbonyl (C=O) groups is 1. The van der Waals surface area contributed by atoms with Crippen molar-refractivity contribution in [1.82, 2.24) is 9.88 Å². The Balaban J connectivity index is 1.80. The van der Waals surface area contributed by atoms with E-state index in [4.69, 9.17) is 10.5 Å². The van der Waals surface area contributed by atoms with E-state index in [1.165, 1.54) is 0 Å². The van der Waals surface area contributed by atoms with Crippen LogP contribution in [0.4, 0.5) is 0 Å². The van der Waals surface area contributed by atoms with Crippen molar-refractivity contribution in [3.05, 3.63) is 52.6 Å². The average molecular weight is 376 g/mol. The van der Waals surface area contributed by atoms with Crippen molar-refractivity contribution in [2.75, 3.05) is 19.6 Å². The van der Waals surface area contributed by atoms with Crippen LogP contribution in [-0.2, 0) is 0 Å². The van der Waals surface area contributed by atoms with E-state index in [1.807, 2.05) is 29.2 Å². The topological polar surface area (TPSA) is 68.5 Å². The first kappa shape index (κ1) is 16.0. The second kappa shape index (κ2) is 7.10. The van der Waals surface area contributed by atoms with Crippen LogP contribution in [-0.4, -0.2) is 35.4 Å². The van der Waals surface area contributed by atoms with Crippen LogP contribution < -0.4 is 10.5 Å². The number of halogens is 1. The van der Waals surface area contributed by atoms with E-state index in [2.05, 4.69) is 20.9 Å². The molecule has 1 fully saturated rings. The molecule has 2 aromatic rings. The molecule has 6 heteroatoms. The van der Waals surface area contributed by atoms with Gasteiger partial charge in [0.1, 0.15) is 11.3 Å². The van der Waals surface area contributed by atoms with Crippen molar-refractivity contribution in [3.63, 3.8) is 0 Å². The molecule has 1 aliphatic rings. The zero-order valence-electron chi connectivity index (χ0n) is 12.6. The summed E-state index contributed by atoms with van der Waals surface area (Å²) in [6.45, 7) is 2.04. The van der Waals surface area contributed by atoms with Gasteiger partial charge >= 0.3 is 0 Å². The van der Waals surface area contributed by atoms with Crippen LogP contribution in [0.3, 0.4) is 0 Å². The lowest BCUT2D eigenvalue weighted by Crippen LogP contribution is -2.30. The number of pyridine rings is 1. The second-order valence-electron chi connectivity index (χ2n) is 5.55. The summed E-state index contributed by atoms with van der Waals surface area (Å²) in [5.41, 5.74) is 6.18. The van der Waals surface area contributed by atoms with Crippen LogP contribution >= 0.6 is 15.9 Å². The summed E-state index contributed by atoms with van der Waals surface area (Å²) in [6, 6.07) is 10.9. The molecule has 2 heterocycles. The maximum Gasteiger partial charge on any atom is 0.259 e. The van der Waals surface area contributed by atoms with Gasteiger partial charge in [-0.1, -0.05) is 15.9 Å². The molecule has 5 nitrogen and oxygen atoms in total. The predicted octanol–water partition coefficient (Wildman–Crippen LogP) is 3.06. The standard InChI is InChI=1S/C17H18BrN3O2/c18-13-3-5-14(6-4-13)23-16-15(2-1-8-20-16)17(22)21-9-7-12(10-19)11-21/h1-6,8,12H,7,9-11,19H2. The Hall–Kier alpha value is -1.92. The highest BCUT2D eigenvalue weighted by atomic mass is 79.9. The quantitative estimate of drug-likeness (QED) is 0.891. The first-order chi connectivity index (χ1) is 11.2. The third-order valence-corrected chi connectivity index (χ3v) is 4.46. The van der Waals surface area contributed by atoms with E-state index < -0.39 is 0 Å². The molecule has 1 unspecified atom stereocenters. The molecule has 1 aromatic carbocycles. The molecule has 1 atom stereocenters. The van der Waals surface area contributed by atoms with E-state index >= 15 is 0 Å². The molecule has 120 valence electrons. The molecule has 1 aromatic heterocycles. The van der Waals surface area contributed by atoms with Crippen LogP contribution in [0.1, 0.15) is 16.8 Å². The van der Waals surface area contributed by atoms with Gasteiger partial charge in [0.15, 0.2) is 0 Å². The molecule has 0 saturated carbocycles. The highest BCUT2D eigenvalue weighted by molar-refractivity contribution is 9.10. The van der Waals surface area contributed by atoms with E-state index in [9.17, 15) is 4.79 Å². The van der Waals surface area contributed by atoms with Crippen LogP contribution in [0.2, 0.25) is 0 Å². The molecular weight excluding hydrogens is 358 g/mol. The van der Waals surface area contributed by atoms with E-state index in [0.29, 0.717) is 36.2 Å². The monoisotopic (exact) mass is 375 g/mol. The van der Waals surface area contributed by atoms with Crippen LogP contribution in [0.15, 0.2) is 47.1 Å². The van der Waals surface area contributed by atoms with Gasteiger partial charge in [0.25, 0.3) is 5.91 Å². The summed E-state index contributed by atoms with van der Waals surface area (Å²) in [7, 11) is 0. The van der Waals surface area contributed by atoms with Gasteiger partial charge in [0.05, 0.1) is 0 Å². The van der Waals surface area contributed by atoms with Crippen molar-refractivity contribution in [3.8, 4) is 11.6 Å². The summed E-state index contributed by atoms with van der Waals surface area (Å²) in [5, 5.41) is 0. The molecule has 1 aliphatic heterocycles. The fourth-order valence-corrected chi connectivity index (χ4v) is 2.89. The van der Waals surface area contributed by atoms with Gasteiger partial charge in [0.2, 0.25) is 5.88 Å². The molecule has 3 rings (SSSR count). The van der Waals surface area contributed by atoms with Gasteiger partial charge in [0, 0.05) is 23.8 Å². The smallest absolute Gasteiger partial charge is 0.259 e. The third kappa shape index (κ3) is 3.71. The first-order valence-corrected chi connectivity index (χ1v) is 8.34. The summed E-state index contributed by atoms with van der Waals surface area (Å²) in [4.78, 5) is 18.8. The van der Waals surface area contributed by atoms with Crippen molar-refractivity contribution in [1.29, 1.82) is 0 Å². The minimum atomic E-state index is -0.0545. The number of carbonyl (C=O) groups excluding carboxylic acids is 1. The Morgan fingerprint density at radius 3 is 2.83 bits per heavy atom. The number of amides is 1. The zero-order chi connectivity index (χ0) is 16.2. The fourth-order valence-electron chi connectivity index (χ4n) is 2.63. The fraction of sp³-hybridized carbons (Fsp3) is 0.294. The van der Waals surface area contributed by atoms with Gasteiger partial charge < -0.3 is 15.4 Å². The molecule has 1 amide bonds. The lowest BCUT2D eigenvalue weighted by Gasteiger charge is -2.18. The van der Waals surface area contributed by atoms with Crippen molar-refractivity contribution >= 4 is 21.8 Å². The van der Waals surface area contributed by atoms with E-state index in [0.717, 1.165) is 17.4 Å². The molecule has 0 spiro atoms. The van der Waals surface area contributed by atoms with E-state index in [-0.39, 0.29) is 5.91 Å². The number of nitrogens with zero attached hydrogens (tertiary/aromatic N) is 2. The molecular formula is C17H18BrN3O2. The maximum absolute atomic E-state index is 12.7. The van der Waals surface area contributed by atoms with Crippen LogP contribution in [0.25, 0.3) is 0 Å². The second-order valence-corrected chi connectivity index (χ2v) is 6.47. The number of benzene rings is 1. The first-order valence-electron chi connectivity index (χ1n) is 7.55. The SMILES string of the molecule is NCC1CCN(C(=O)c2cccnc2Oc2ccc(Br)cc2)C1. The van der Waals surface area contributed by atoms with Crippen LogP contribution in [0.5, 0.6) is 11.6 Å². The Labute approximate surface area is 143 Å². The number of hydrogen-bond acceptors (Lipinski definition) is 4. The minimum absolute atomic E-state index is 0.0545. The van der Waals surface area contributed by atoms with Gasteiger partial charge in [-0.15, -0.1) is 0 Å².